The maximum atomic E-state index is 13.6. The van der Waals surface area contributed by atoms with Crippen molar-refractivity contribution < 1.29 is 23.5 Å². The molecule has 2 aromatic carbocycles. The van der Waals surface area contributed by atoms with Crippen LogP contribution in [0.2, 0.25) is 5.02 Å². The van der Waals surface area contributed by atoms with Crippen LogP contribution in [0.25, 0.3) is 6.08 Å². The molecule has 8 heteroatoms. The van der Waals surface area contributed by atoms with E-state index in [2.05, 4.69) is 10.6 Å². The molecule has 134 valence electrons. The molecule has 0 spiro atoms. The predicted molar refractivity (Wildman–Crippen MR) is 95.9 cm³/mol. The van der Waals surface area contributed by atoms with Gasteiger partial charge in [-0.25, -0.2) is 4.39 Å². The molecule has 0 unspecified atom stereocenters. The lowest BCUT2D eigenvalue weighted by atomic mass is 10.2. The largest absolute Gasteiger partial charge is 0.454 e. The van der Waals surface area contributed by atoms with Gasteiger partial charge in [-0.3, -0.25) is 9.59 Å². The molecule has 0 saturated carbocycles. The Morgan fingerprint density at radius 3 is 2.77 bits per heavy atom. The molecule has 26 heavy (non-hydrogen) atoms. The normalized spacial score (nSPS) is 12.3. The van der Waals surface area contributed by atoms with Crippen LogP contribution in [0.5, 0.6) is 11.5 Å². The Hall–Kier alpha value is -3.06. The smallest absolute Gasteiger partial charge is 0.248 e. The number of anilines is 2. The Bertz CT molecular complexity index is 914. The first-order chi connectivity index (χ1) is 12.4. The maximum absolute atomic E-state index is 13.6. The third-order valence-electron chi connectivity index (χ3n) is 3.42. The number of nitrogens with one attached hydrogen (secondary N) is 2. The number of ether oxygens (including phenoxy) is 2. The van der Waals surface area contributed by atoms with Crippen LogP contribution in [0.3, 0.4) is 0 Å². The third-order valence-corrected chi connectivity index (χ3v) is 3.70. The fraction of sp³-hybridized carbons (Fsp3) is 0.111. The zero-order valence-corrected chi connectivity index (χ0v) is 14.4. The molecule has 1 aliphatic heterocycles. The molecule has 0 aliphatic carbocycles. The van der Waals surface area contributed by atoms with E-state index in [9.17, 15) is 14.0 Å². The minimum atomic E-state index is -0.594. The lowest BCUT2D eigenvalue weighted by Crippen LogP contribution is -2.10. The third kappa shape index (κ3) is 4.12. The van der Waals surface area contributed by atoms with Gasteiger partial charge in [0.1, 0.15) is 5.82 Å². The summed E-state index contributed by atoms with van der Waals surface area (Å²) in [4.78, 5) is 23.1. The lowest BCUT2D eigenvalue weighted by Gasteiger charge is -2.07. The number of fused-ring (bicyclic) bond motifs is 1. The van der Waals surface area contributed by atoms with Gasteiger partial charge in [0.05, 0.1) is 10.7 Å². The number of carbonyl (C=O) groups excluding carboxylic acids is 2. The second-order valence-corrected chi connectivity index (χ2v) is 5.84. The second-order valence-electron chi connectivity index (χ2n) is 5.43. The molecular weight excluding hydrogens is 363 g/mol. The summed E-state index contributed by atoms with van der Waals surface area (Å²) in [6, 6.07) is 7.22. The molecule has 2 amide bonds. The first-order valence-electron chi connectivity index (χ1n) is 7.58. The van der Waals surface area contributed by atoms with E-state index in [1.165, 1.54) is 25.1 Å². The van der Waals surface area contributed by atoms with Crippen molar-refractivity contribution in [1.82, 2.24) is 0 Å². The van der Waals surface area contributed by atoms with Crippen molar-refractivity contribution in [3.63, 3.8) is 0 Å². The molecule has 0 aromatic heterocycles. The Labute approximate surface area is 153 Å². The molecular formula is C18H14ClFN2O4. The molecule has 2 N–H and O–H groups in total. The maximum Gasteiger partial charge on any atom is 0.248 e. The molecule has 3 rings (SSSR count). The van der Waals surface area contributed by atoms with Crippen molar-refractivity contribution in [2.24, 2.45) is 0 Å². The van der Waals surface area contributed by atoms with E-state index in [1.807, 2.05) is 0 Å². The first kappa shape index (κ1) is 17.8. The van der Waals surface area contributed by atoms with Crippen molar-refractivity contribution in [2.45, 2.75) is 6.92 Å². The van der Waals surface area contributed by atoms with Crippen LogP contribution in [0, 0.1) is 5.82 Å². The van der Waals surface area contributed by atoms with E-state index in [0.717, 1.165) is 6.07 Å². The van der Waals surface area contributed by atoms with Gasteiger partial charge >= 0.3 is 0 Å². The van der Waals surface area contributed by atoms with Gasteiger partial charge < -0.3 is 20.1 Å². The Kier molecular flexibility index (Phi) is 5.09. The summed E-state index contributed by atoms with van der Waals surface area (Å²) in [6.45, 7) is 1.37. The summed E-state index contributed by atoms with van der Waals surface area (Å²) < 4.78 is 24.1. The predicted octanol–water partition coefficient (Wildman–Crippen LogP) is 3.82. The minimum absolute atomic E-state index is 0.0122. The first-order valence-corrected chi connectivity index (χ1v) is 7.95. The van der Waals surface area contributed by atoms with Gasteiger partial charge in [-0.2, -0.15) is 0 Å². The summed E-state index contributed by atoms with van der Waals surface area (Å²) >= 11 is 6.08. The van der Waals surface area contributed by atoms with E-state index in [1.54, 1.807) is 18.2 Å². The number of halogens is 2. The zero-order chi connectivity index (χ0) is 18.7. The van der Waals surface area contributed by atoms with Gasteiger partial charge in [0.2, 0.25) is 18.6 Å². The number of carbonyl (C=O) groups is 2. The highest BCUT2D eigenvalue weighted by molar-refractivity contribution is 6.32. The van der Waals surface area contributed by atoms with Crippen LogP contribution >= 0.6 is 11.6 Å². The quantitative estimate of drug-likeness (QED) is 0.795. The van der Waals surface area contributed by atoms with Crippen LogP contribution in [-0.2, 0) is 9.59 Å². The van der Waals surface area contributed by atoms with Crippen LogP contribution < -0.4 is 20.1 Å². The second kappa shape index (κ2) is 7.45. The fourth-order valence-electron chi connectivity index (χ4n) is 2.33. The molecule has 0 bridgehead atoms. The summed E-state index contributed by atoms with van der Waals surface area (Å²) in [5.74, 6) is -0.448. The van der Waals surface area contributed by atoms with Gasteiger partial charge in [-0.1, -0.05) is 11.6 Å². The highest BCUT2D eigenvalue weighted by atomic mass is 35.5. The van der Waals surface area contributed by atoms with Crippen LogP contribution in [0.15, 0.2) is 36.4 Å². The van der Waals surface area contributed by atoms with Gasteiger partial charge in [-0.15, -0.1) is 0 Å². The summed E-state index contributed by atoms with van der Waals surface area (Å²) in [5, 5.41) is 5.33. The molecule has 1 heterocycles. The van der Waals surface area contributed by atoms with Crippen LogP contribution in [-0.4, -0.2) is 18.6 Å². The Balaban J connectivity index is 1.70. The Morgan fingerprint density at radius 1 is 1.19 bits per heavy atom. The molecule has 0 saturated heterocycles. The van der Waals surface area contributed by atoms with E-state index in [0.29, 0.717) is 27.8 Å². The molecule has 0 fully saturated rings. The molecule has 2 aromatic rings. The van der Waals surface area contributed by atoms with Gasteiger partial charge in [-0.05, 0) is 42.0 Å². The van der Waals surface area contributed by atoms with Crippen molar-refractivity contribution in [1.29, 1.82) is 0 Å². The monoisotopic (exact) mass is 376 g/mol. The Morgan fingerprint density at radius 2 is 2.00 bits per heavy atom. The fourth-order valence-corrected chi connectivity index (χ4v) is 2.60. The molecule has 0 radical (unpaired) electrons. The molecule has 6 nitrogen and oxygen atoms in total. The topological polar surface area (TPSA) is 76.7 Å². The lowest BCUT2D eigenvalue weighted by molar-refractivity contribution is -0.114. The number of amides is 2. The molecule has 0 atom stereocenters. The highest BCUT2D eigenvalue weighted by Crippen LogP contribution is 2.40. The van der Waals surface area contributed by atoms with Gasteiger partial charge in [0, 0.05) is 18.7 Å². The van der Waals surface area contributed by atoms with Crippen molar-refractivity contribution in [2.75, 3.05) is 17.4 Å². The average molecular weight is 377 g/mol. The standard InChI is InChI=1S/C18H14ClFN2O4/c1-10(23)21-15-8-12(3-4-14(15)20)22-17(24)5-2-11-6-13(19)18-16(7-11)25-9-26-18/h2-8H,9H2,1H3,(H,21,23)(H,22,24)/b5-2+. The highest BCUT2D eigenvalue weighted by Gasteiger charge is 2.17. The van der Waals surface area contributed by atoms with Crippen LogP contribution in [0.4, 0.5) is 15.8 Å². The van der Waals surface area contributed by atoms with Crippen molar-refractivity contribution >= 4 is 40.9 Å². The van der Waals surface area contributed by atoms with Crippen molar-refractivity contribution in [3.8, 4) is 11.5 Å². The zero-order valence-electron chi connectivity index (χ0n) is 13.6. The van der Waals surface area contributed by atoms with E-state index in [-0.39, 0.29) is 12.5 Å². The van der Waals surface area contributed by atoms with E-state index in [4.69, 9.17) is 21.1 Å². The number of benzene rings is 2. The van der Waals surface area contributed by atoms with Gasteiger partial charge in [0.15, 0.2) is 11.5 Å². The van der Waals surface area contributed by atoms with Crippen molar-refractivity contribution in [3.05, 3.63) is 52.8 Å². The van der Waals surface area contributed by atoms with Crippen LogP contribution in [0.1, 0.15) is 12.5 Å². The van der Waals surface area contributed by atoms with E-state index < -0.39 is 17.6 Å². The average Bonchev–Trinajstić information content (AvgIpc) is 3.05. The number of rotatable bonds is 4. The SMILES string of the molecule is CC(=O)Nc1cc(NC(=O)/C=C/c2cc(Cl)c3c(c2)OCO3)ccc1F. The number of hydrogen-bond acceptors (Lipinski definition) is 4. The minimum Gasteiger partial charge on any atom is -0.454 e. The van der Waals surface area contributed by atoms with Gasteiger partial charge in [0.25, 0.3) is 0 Å². The number of hydrogen-bond donors (Lipinski definition) is 2. The summed E-state index contributed by atoms with van der Waals surface area (Å²) in [6.07, 6.45) is 2.86. The summed E-state index contributed by atoms with van der Waals surface area (Å²) in [7, 11) is 0. The summed E-state index contributed by atoms with van der Waals surface area (Å²) in [5.41, 5.74) is 0.989. The molecule has 1 aliphatic rings. The van der Waals surface area contributed by atoms with E-state index >= 15 is 0 Å².